The fraction of sp³-hybridized carbons (Fsp3) is 0.421. The number of ether oxygens (including phenoxy) is 3. The largest absolute Gasteiger partial charge is 0.454 e. The van der Waals surface area contributed by atoms with Crippen molar-refractivity contribution in [2.45, 2.75) is 12.6 Å². The normalized spacial score (nSPS) is 17.5. The highest BCUT2D eigenvalue weighted by atomic mass is 32.1. The summed E-state index contributed by atoms with van der Waals surface area (Å²) in [7, 11) is 0. The van der Waals surface area contributed by atoms with Crippen LogP contribution in [0.15, 0.2) is 35.7 Å². The number of hydrogen-bond acceptors (Lipinski definition) is 5. The van der Waals surface area contributed by atoms with Gasteiger partial charge in [-0.25, -0.2) is 0 Å². The predicted molar refractivity (Wildman–Crippen MR) is 109 cm³/mol. The third kappa shape index (κ3) is 4.70. The van der Waals surface area contributed by atoms with E-state index in [9.17, 15) is 0 Å². The smallest absolute Gasteiger partial charge is 0.231 e. The van der Waals surface area contributed by atoms with Gasteiger partial charge in [0, 0.05) is 6.54 Å². The van der Waals surface area contributed by atoms with Crippen LogP contribution in [0.1, 0.15) is 16.5 Å². The van der Waals surface area contributed by atoms with Gasteiger partial charge >= 0.3 is 0 Å². The van der Waals surface area contributed by atoms with Crippen molar-refractivity contribution < 1.29 is 19.1 Å². The van der Waals surface area contributed by atoms with Crippen molar-refractivity contribution in [2.75, 3.05) is 39.6 Å². The van der Waals surface area contributed by atoms with Gasteiger partial charge in [0.05, 0.1) is 24.6 Å². The molecule has 0 unspecified atom stereocenters. The molecule has 2 aliphatic heterocycles. The van der Waals surface area contributed by atoms with E-state index in [-0.39, 0.29) is 0 Å². The van der Waals surface area contributed by atoms with Crippen LogP contribution < -0.4 is 25.0 Å². The summed E-state index contributed by atoms with van der Waals surface area (Å²) in [4.78, 5) is 2.94. The van der Waals surface area contributed by atoms with Gasteiger partial charge in [-0.05, 0) is 41.4 Å². The van der Waals surface area contributed by atoms with Gasteiger partial charge in [0.1, 0.15) is 19.1 Å². The second kappa shape index (κ2) is 8.88. The van der Waals surface area contributed by atoms with E-state index in [1.165, 1.54) is 4.88 Å². The number of fused-ring (bicyclic) bond motifs is 1. The van der Waals surface area contributed by atoms with E-state index >= 15 is 0 Å². The molecule has 0 aliphatic carbocycles. The maximum atomic E-state index is 5.52. The lowest BCUT2D eigenvalue weighted by Crippen LogP contribution is -3.15. The van der Waals surface area contributed by atoms with Crippen LogP contribution in [0.25, 0.3) is 0 Å². The Hall–Kier alpha value is -1.87. The quantitative estimate of drug-likeness (QED) is 0.625. The standard InChI is InChI=1S/C19H23N3O3S2/c26-19(20-11-14-3-4-16-17(10-14)25-13-24-16)21-12-15(18-2-1-9-27-18)22-5-7-23-8-6-22/h1-4,9-10,15H,5-8,11-13H2,(H2,20,21,26)/p+1/t15-/m1/s1. The summed E-state index contributed by atoms with van der Waals surface area (Å²) in [6.07, 6.45) is 0. The Morgan fingerprint density at radius 2 is 2.00 bits per heavy atom. The summed E-state index contributed by atoms with van der Waals surface area (Å²) < 4.78 is 16.3. The molecule has 6 nitrogen and oxygen atoms in total. The number of thiophene rings is 1. The van der Waals surface area contributed by atoms with Gasteiger partial charge < -0.3 is 29.7 Å². The Labute approximate surface area is 168 Å². The number of quaternary nitrogens is 1. The zero-order valence-electron chi connectivity index (χ0n) is 15.0. The molecule has 3 N–H and O–H groups in total. The van der Waals surface area contributed by atoms with Crippen LogP contribution in [-0.4, -0.2) is 44.8 Å². The van der Waals surface area contributed by atoms with Crippen LogP contribution in [0, 0.1) is 0 Å². The molecule has 0 spiro atoms. The third-order valence-corrected chi connectivity index (χ3v) is 6.15. The van der Waals surface area contributed by atoms with E-state index in [1.807, 2.05) is 18.2 Å². The SMILES string of the molecule is S=C(NCc1ccc2c(c1)OCO2)NC[C@H](c1cccs1)[NH+]1CCOCC1. The average molecular weight is 407 g/mol. The Balaban J connectivity index is 1.30. The van der Waals surface area contributed by atoms with E-state index in [0.717, 1.165) is 49.9 Å². The number of nitrogens with one attached hydrogen (secondary N) is 3. The summed E-state index contributed by atoms with van der Waals surface area (Å²) in [5, 5.41) is 9.49. The van der Waals surface area contributed by atoms with E-state index in [2.05, 4.69) is 28.1 Å². The minimum Gasteiger partial charge on any atom is -0.454 e. The molecule has 1 saturated heterocycles. The first-order chi connectivity index (χ1) is 13.3. The Morgan fingerprint density at radius 1 is 1.15 bits per heavy atom. The van der Waals surface area contributed by atoms with Crippen LogP contribution in [-0.2, 0) is 11.3 Å². The third-order valence-electron chi connectivity index (χ3n) is 4.87. The zero-order chi connectivity index (χ0) is 18.5. The summed E-state index contributed by atoms with van der Waals surface area (Å²) >= 11 is 7.30. The first kappa shape index (κ1) is 18.5. The highest BCUT2D eigenvalue weighted by Gasteiger charge is 2.27. The molecule has 4 rings (SSSR count). The summed E-state index contributed by atoms with van der Waals surface area (Å²) in [6.45, 7) is 5.46. The van der Waals surface area contributed by atoms with Crippen molar-refractivity contribution in [1.82, 2.24) is 10.6 Å². The molecule has 0 amide bonds. The molecular weight excluding hydrogens is 382 g/mol. The van der Waals surface area contributed by atoms with E-state index in [4.69, 9.17) is 26.4 Å². The summed E-state index contributed by atoms with van der Waals surface area (Å²) in [5.41, 5.74) is 1.11. The first-order valence-electron chi connectivity index (χ1n) is 9.15. The molecule has 2 aromatic rings. The van der Waals surface area contributed by atoms with E-state index in [1.54, 1.807) is 16.2 Å². The molecule has 0 bridgehead atoms. The fourth-order valence-corrected chi connectivity index (χ4v) is 4.45. The molecule has 0 saturated carbocycles. The second-order valence-electron chi connectivity index (χ2n) is 6.59. The molecule has 1 aromatic heterocycles. The lowest BCUT2D eigenvalue weighted by molar-refractivity contribution is -0.937. The topological polar surface area (TPSA) is 56.2 Å². The van der Waals surface area contributed by atoms with Gasteiger partial charge in [0.25, 0.3) is 0 Å². The number of rotatable bonds is 6. The van der Waals surface area contributed by atoms with Gasteiger partial charge in [-0.3, -0.25) is 0 Å². The number of hydrogen-bond donors (Lipinski definition) is 3. The van der Waals surface area contributed by atoms with Crippen LogP contribution in [0.4, 0.5) is 0 Å². The zero-order valence-corrected chi connectivity index (χ0v) is 16.7. The van der Waals surface area contributed by atoms with E-state index < -0.39 is 0 Å². The van der Waals surface area contributed by atoms with E-state index in [0.29, 0.717) is 24.5 Å². The molecular formula is C19H24N3O3S2+. The summed E-state index contributed by atoms with van der Waals surface area (Å²) in [5.74, 6) is 1.59. The van der Waals surface area contributed by atoms with Crippen LogP contribution in [0.5, 0.6) is 11.5 Å². The molecule has 8 heteroatoms. The Kier molecular flexibility index (Phi) is 6.08. The lowest BCUT2D eigenvalue weighted by Gasteiger charge is -2.31. The van der Waals surface area contributed by atoms with Gasteiger partial charge in [-0.15, -0.1) is 11.3 Å². The highest BCUT2D eigenvalue weighted by Crippen LogP contribution is 2.32. The van der Waals surface area contributed by atoms with Crippen molar-refractivity contribution in [3.8, 4) is 11.5 Å². The van der Waals surface area contributed by atoms with Crippen molar-refractivity contribution in [3.05, 3.63) is 46.2 Å². The molecule has 3 heterocycles. The maximum absolute atomic E-state index is 5.52. The minimum absolute atomic E-state index is 0.292. The van der Waals surface area contributed by atoms with Crippen LogP contribution >= 0.6 is 23.6 Å². The lowest BCUT2D eigenvalue weighted by atomic mass is 10.2. The molecule has 1 atom stereocenters. The molecule has 1 fully saturated rings. The fourth-order valence-electron chi connectivity index (χ4n) is 3.41. The molecule has 2 aliphatic rings. The maximum Gasteiger partial charge on any atom is 0.231 e. The number of morpholine rings is 1. The monoisotopic (exact) mass is 406 g/mol. The van der Waals surface area contributed by atoms with Crippen molar-refractivity contribution in [2.24, 2.45) is 0 Å². The molecule has 144 valence electrons. The minimum atomic E-state index is 0.292. The van der Waals surface area contributed by atoms with Crippen LogP contribution in [0.2, 0.25) is 0 Å². The summed E-state index contributed by atoms with van der Waals surface area (Å²) in [6, 6.07) is 10.7. The van der Waals surface area contributed by atoms with Crippen LogP contribution in [0.3, 0.4) is 0 Å². The molecule has 0 radical (unpaired) electrons. The van der Waals surface area contributed by atoms with Gasteiger partial charge in [-0.2, -0.15) is 0 Å². The van der Waals surface area contributed by atoms with Crippen molar-refractivity contribution in [1.29, 1.82) is 0 Å². The molecule has 1 aromatic carbocycles. The molecule has 27 heavy (non-hydrogen) atoms. The Morgan fingerprint density at radius 3 is 2.81 bits per heavy atom. The average Bonchev–Trinajstić information content (AvgIpc) is 3.39. The number of thiocarbonyl (C=S) groups is 1. The Bertz CT molecular complexity index is 764. The second-order valence-corrected chi connectivity index (χ2v) is 7.98. The number of benzene rings is 1. The van der Waals surface area contributed by atoms with Gasteiger partial charge in [-0.1, -0.05) is 12.1 Å². The van der Waals surface area contributed by atoms with Crippen molar-refractivity contribution in [3.63, 3.8) is 0 Å². The highest BCUT2D eigenvalue weighted by molar-refractivity contribution is 7.80. The van der Waals surface area contributed by atoms with Gasteiger partial charge in [0.15, 0.2) is 16.6 Å². The van der Waals surface area contributed by atoms with Crippen molar-refractivity contribution >= 4 is 28.7 Å². The first-order valence-corrected chi connectivity index (χ1v) is 10.4. The predicted octanol–water partition coefficient (Wildman–Crippen LogP) is 1.10. The van der Waals surface area contributed by atoms with Gasteiger partial charge in [0.2, 0.25) is 6.79 Å².